The van der Waals surface area contributed by atoms with Crippen LogP contribution >= 0.6 is 0 Å². The van der Waals surface area contributed by atoms with Crippen molar-refractivity contribution in [2.45, 2.75) is 6.92 Å². The van der Waals surface area contributed by atoms with Gasteiger partial charge in [-0.2, -0.15) is 0 Å². The normalized spacial score (nSPS) is 9.42. The molecular formula is C11H14Si. The van der Waals surface area contributed by atoms with Crippen molar-refractivity contribution in [1.29, 1.82) is 0 Å². The molecule has 0 bridgehead atoms. The van der Waals surface area contributed by atoms with Crippen molar-refractivity contribution < 1.29 is 0 Å². The van der Waals surface area contributed by atoms with Crippen LogP contribution in [0.25, 0.3) is 10.8 Å². The zero-order valence-corrected chi connectivity index (χ0v) is 6.54. The topological polar surface area (TPSA) is 0 Å². The van der Waals surface area contributed by atoms with Crippen molar-refractivity contribution in [1.82, 2.24) is 0 Å². The summed E-state index contributed by atoms with van der Waals surface area (Å²) in [6.07, 6.45) is 0. The Labute approximate surface area is 77.3 Å². The molecule has 0 saturated carbocycles. The van der Waals surface area contributed by atoms with Gasteiger partial charge in [-0.3, -0.25) is 0 Å². The molecule has 0 aliphatic carbocycles. The van der Waals surface area contributed by atoms with E-state index in [1.807, 2.05) is 0 Å². The van der Waals surface area contributed by atoms with Crippen molar-refractivity contribution >= 4 is 21.7 Å². The molecule has 0 radical (unpaired) electrons. The van der Waals surface area contributed by atoms with Crippen molar-refractivity contribution in [3.8, 4) is 0 Å². The quantitative estimate of drug-likeness (QED) is 0.533. The van der Waals surface area contributed by atoms with Gasteiger partial charge >= 0.3 is 0 Å². The van der Waals surface area contributed by atoms with Gasteiger partial charge in [0.1, 0.15) is 0 Å². The van der Waals surface area contributed by atoms with Gasteiger partial charge in [0.25, 0.3) is 0 Å². The van der Waals surface area contributed by atoms with Crippen molar-refractivity contribution in [2.24, 2.45) is 0 Å². The first-order chi connectivity index (χ1) is 5.38. The first-order valence-electron chi connectivity index (χ1n) is 3.82. The molecule has 0 nitrogen and oxygen atoms in total. The number of benzene rings is 2. The van der Waals surface area contributed by atoms with E-state index in [2.05, 4.69) is 49.4 Å². The molecule has 0 fully saturated rings. The average Bonchev–Trinajstić information content (AvgIpc) is 2.06. The summed E-state index contributed by atoms with van der Waals surface area (Å²) in [4.78, 5) is 0. The van der Waals surface area contributed by atoms with Crippen LogP contribution in [-0.2, 0) is 0 Å². The molecule has 0 N–H and O–H groups in total. The lowest BCUT2D eigenvalue weighted by Gasteiger charge is -1.98. The molecule has 0 saturated heterocycles. The number of fused-ring (bicyclic) bond motifs is 1. The molecule has 0 aliphatic heterocycles. The fourth-order valence-electron chi connectivity index (χ4n) is 1.39. The fraction of sp³-hybridized carbons (Fsp3) is 0.0909. The van der Waals surface area contributed by atoms with Crippen molar-refractivity contribution in [2.75, 3.05) is 0 Å². The molecule has 0 unspecified atom stereocenters. The Morgan fingerprint density at radius 3 is 2.25 bits per heavy atom. The van der Waals surface area contributed by atoms with Gasteiger partial charge in [0.15, 0.2) is 0 Å². The highest BCUT2D eigenvalue weighted by Crippen LogP contribution is 2.16. The highest BCUT2D eigenvalue weighted by atomic mass is 28.1. The minimum absolute atomic E-state index is 0. The predicted octanol–water partition coefficient (Wildman–Crippen LogP) is 1.70. The lowest BCUT2D eigenvalue weighted by atomic mass is 10.1. The largest absolute Gasteiger partial charge is 0.0616 e. The summed E-state index contributed by atoms with van der Waals surface area (Å²) < 4.78 is 0. The van der Waals surface area contributed by atoms with E-state index in [9.17, 15) is 0 Å². The molecule has 62 valence electrons. The highest BCUT2D eigenvalue weighted by molar-refractivity contribution is 5.85. The predicted molar refractivity (Wildman–Crippen MR) is 60.0 cm³/mol. The van der Waals surface area contributed by atoms with Gasteiger partial charge in [0.2, 0.25) is 0 Å². The number of hydrogen-bond donors (Lipinski definition) is 0. The van der Waals surface area contributed by atoms with Gasteiger partial charge in [-0.05, 0) is 34.2 Å². The van der Waals surface area contributed by atoms with E-state index >= 15 is 0 Å². The molecule has 0 heterocycles. The summed E-state index contributed by atoms with van der Waals surface area (Å²) in [5.41, 5.74) is 1.35. The zero-order chi connectivity index (χ0) is 7.68. The molecule has 0 aliphatic rings. The Morgan fingerprint density at radius 1 is 0.833 bits per heavy atom. The van der Waals surface area contributed by atoms with E-state index in [1.54, 1.807) is 0 Å². The lowest BCUT2D eigenvalue weighted by Crippen LogP contribution is -1.75. The number of rotatable bonds is 0. The summed E-state index contributed by atoms with van der Waals surface area (Å²) in [5, 5.41) is 2.68. The van der Waals surface area contributed by atoms with Crippen LogP contribution in [0.4, 0.5) is 0 Å². The van der Waals surface area contributed by atoms with Gasteiger partial charge < -0.3 is 0 Å². The molecule has 12 heavy (non-hydrogen) atoms. The van der Waals surface area contributed by atoms with Crippen LogP contribution in [0.1, 0.15) is 5.56 Å². The Bertz CT molecular complexity index is 374. The first kappa shape index (κ1) is 9.01. The average molecular weight is 174 g/mol. The third-order valence-electron chi connectivity index (χ3n) is 2.01. The van der Waals surface area contributed by atoms with Crippen LogP contribution in [0.3, 0.4) is 0 Å². The Morgan fingerprint density at radius 2 is 1.50 bits per heavy atom. The SMILES string of the molecule is Cc1cccc2ccccc12.[SiH4]. The van der Waals surface area contributed by atoms with Crippen LogP contribution in [0.15, 0.2) is 42.5 Å². The minimum atomic E-state index is 0. The summed E-state index contributed by atoms with van der Waals surface area (Å²) >= 11 is 0. The molecule has 2 aromatic carbocycles. The van der Waals surface area contributed by atoms with Crippen LogP contribution in [-0.4, -0.2) is 11.0 Å². The number of hydrogen-bond acceptors (Lipinski definition) is 0. The molecular weight excluding hydrogens is 160 g/mol. The second-order valence-corrected chi connectivity index (χ2v) is 2.80. The maximum atomic E-state index is 2.16. The lowest BCUT2D eigenvalue weighted by molar-refractivity contribution is 1.53. The van der Waals surface area contributed by atoms with Gasteiger partial charge in [0, 0.05) is 0 Å². The standard InChI is InChI=1S/C11H10.H4Si/c1-9-5-4-7-10-6-2-3-8-11(9)10;/h2-8H,1H3;1H4. The van der Waals surface area contributed by atoms with Crippen LogP contribution in [0, 0.1) is 6.92 Å². The third kappa shape index (κ3) is 1.41. The Balaban J connectivity index is 0.000000720. The van der Waals surface area contributed by atoms with E-state index in [-0.39, 0.29) is 11.0 Å². The minimum Gasteiger partial charge on any atom is -0.0616 e. The third-order valence-corrected chi connectivity index (χ3v) is 2.01. The molecule has 2 aromatic rings. The highest BCUT2D eigenvalue weighted by Gasteiger charge is 1.91. The molecule has 0 aromatic heterocycles. The number of aryl methyl sites for hydroxylation is 1. The summed E-state index contributed by atoms with van der Waals surface area (Å²) in [6, 6.07) is 14.8. The van der Waals surface area contributed by atoms with Gasteiger partial charge in [0.05, 0.1) is 0 Å². The second kappa shape index (κ2) is 3.54. The summed E-state index contributed by atoms with van der Waals surface area (Å²) in [5.74, 6) is 0. The van der Waals surface area contributed by atoms with Crippen LogP contribution in [0.5, 0.6) is 0 Å². The van der Waals surface area contributed by atoms with E-state index in [0.717, 1.165) is 0 Å². The summed E-state index contributed by atoms with van der Waals surface area (Å²) in [6.45, 7) is 2.14. The molecule has 0 atom stereocenters. The van der Waals surface area contributed by atoms with Crippen LogP contribution in [0.2, 0.25) is 0 Å². The second-order valence-electron chi connectivity index (χ2n) is 2.80. The monoisotopic (exact) mass is 174 g/mol. The van der Waals surface area contributed by atoms with Crippen molar-refractivity contribution in [3.05, 3.63) is 48.0 Å². The van der Waals surface area contributed by atoms with E-state index in [0.29, 0.717) is 0 Å². The van der Waals surface area contributed by atoms with Gasteiger partial charge in [-0.15, -0.1) is 0 Å². The zero-order valence-electron chi connectivity index (χ0n) is 6.54. The first-order valence-corrected chi connectivity index (χ1v) is 3.82. The fourth-order valence-corrected chi connectivity index (χ4v) is 1.39. The van der Waals surface area contributed by atoms with Crippen LogP contribution < -0.4 is 0 Å². The molecule has 1 heteroatoms. The Hall–Kier alpha value is -1.08. The van der Waals surface area contributed by atoms with Gasteiger partial charge in [-0.25, -0.2) is 0 Å². The smallest absolute Gasteiger partial charge is 0.0149 e. The van der Waals surface area contributed by atoms with E-state index < -0.39 is 0 Å². The molecule has 0 amide bonds. The molecule has 2 rings (SSSR count). The maximum Gasteiger partial charge on any atom is -0.0149 e. The maximum absolute atomic E-state index is 2.16. The molecule has 0 spiro atoms. The van der Waals surface area contributed by atoms with E-state index in [1.165, 1.54) is 16.3 Å². The van der Waals surface area contributed by atoms with Gasteiger partial charge in [-0.1, -0.05) is 42.5 Å². The van der Waals surface area contributed by atoms with E-state index in [4.69, 9.17) is 0 Å². The Kier molecular flexibility index (Phi) is 2.66. The van der Waals surface area contributed by atoms with Crippen molar-refractivity contribution in [3.63, 3.8) is 0 Å². The summed E-state index contributed by atoms with van der Waals surface area (Å²) in [7, 11) is 0.